The fourth-order valence-electron chi connectivity index (χ4n) is 2.40. The lowest BCUT2D eigenvalue weighted by atomic mass is 10.1. The molecule has 0 fully saturated rings. The first kappa shape index (κ1) is 18.2. The maximum Gasteiger partial charge on any atom is 0.179 e. The van der Waals surface area contributed by atoms with Crippen LogP contribution in [0.5, 0.6) is 17.2 Å². The van der Waals surface area contributed by atoms with Crippen molar-refractivity contribution < 1.29 is 14.2 Å². The molecule has 0 aliphatic heterocycles. The highest BCUT2D eigenvalue weighted by atomic mass is 79.9. The molecule has 0 N–H and O–H groups in total. The van der Waals surface area contributed by atoms with E-state index < -0.39 is 0 Å². The molecule has 4 nitrogen and oxygen atoms in total. The maximum absolute atomic E-state index is 9.26. The zero-order valence-corrected chi connectivity index (χ0v) is 15.9. The topological polar surface area (TPSA) is 51.5 Å². The van der Waals surface area contributed by atoms with Crippen LogP contribution >= 0.6 is 15.9 Å². The molecule has 126 valence electrons. The minimum absolute atomic E-state index is 0.319. The number of halogens is 1. The number of hydrogen-bond donors (Lipinski definition) is 0. The molecule has 2 rings (SSSR count). The Bertz CT molecular complexity index is 781. The Labute approximate surface area is 151 Å². The summed E-state index contributed by atoms with van der Waals surface area (Å²) in [7, 11) is 1.55. The van der Waals surface area contributed by atoms with Crippen molar-refractivity contribution in [3.05, 3.63) is 51.0 Å². The van der Waals surface area contributed by atoms with Crippen LogP contribution in [-0.4, -0.2) is 20.3 Å². The summed E-state index contributed by atoms with van der Waals surface area (Å²) in [5, 5.41) is 9.26. The van der Waals surface area contributed by atoms with E-state index in [1.807, 2.05) is 19.9 Å². The van der Waals surface area contributed by atoms with Gasteiger partial charge >= 0.3 is 0 Å². The Morgan fingerprint density at radius 3 is 2.38 bits per heavy atom. The van der Waals surface area contributed by atoms with Gasteiger partial charge in [0.05, 0.1) is 12.7 Å². The smallest absolute Gasteiger partial charge is 0.179 e. The van der Waals surface area contributed by atoms with Gasteiger partial charge in [0.25, 0.3) is 0 Å². The lowest BCUT2D eigenvalue weighted by Gasteiger charge is -2.15. The van der Waals surface area contributed by atoms with Crippen LogP contribution in [0.25, 0.3) is 0 Å². The third-order valence-electron chi connectivity index (χ3n) is 3.71. The zero-order chi connectivity index (χ0) is 17.7. The Hall–Kier alpha value is -2.19. The standard InChI is InChI=1S/C19H20BrNO3/c1-12-7-13(2)14(3)17(8-12)23-5-6-24-19-15(11-21)9-16(20)10-18(19)22-4/h7-10H,5-6H2,1-4H3. The molecule has 0 heterocycles. The number of hydrogen-bond acceptors (Lipinski definition) is 4. The lowest BCUT2D eigenvalue weighted by Crippen LogP contribution is -2.11. The Morgan fingerprint density at radius 2 is 1.71 bits per heavy atom. The third-order valence-corrected chi connectivity index (χ3v) is 4.17. The molecule has 0 bridgehead atoms. The fraction of sp³-hybridized carbons (Fsp3) is 0.316. The number of nitrogens with zero attached hydrogens (tertiary/aromatic N) is 1. The van der Waals surface area contributed by atoms with Crippen LogP contribution in [0.2, 0.25) is 0 Å². The van der Waals surface area contributed by atoms with Crippen molar-refractivity contribution in [1.29, 1.82) is 5.26 Å². The van der Waals surface area contributed by atoms with E-state index in [2.05, 4.69) is 35.0 Å². The molecule has 0 saturated carbocycles. The van der Waals surface area contributed by atoms with E-state index in [-0.39, 0.29) is 0 Å². The van der Waals surface area contributed by atoms with Gasteiger partial charge in [-0.2, -0.15) is 5.26 Å². The summed E-state index contributed by atoms with van der Waals surface area (Å²) < 4.78 is 17.6. The predicted octanol–water partition coefficient (Wildman–Crippen LogP) is 4.71. The molecule has 0 aliphatic rings. The summed E-state index contributed by atoms with van der Waals surface area (Å²) in [6, 6.07) is 9.73. The number of benzene rings is 2. The molecule has 5 heteroatoms. The van der Waals surface area contributed by atoms with E-state index in [1.54, 1.807) is 19.2 Å². The van der Waals surface area contributed by atoms with Gasteiger partial charge in [0.2, 0.25) is 0 Å². The van der Waals surface area contributed by atoms with Crippen LogP contribution < -0.4 is 14.2 Å². The summed E-state index contributed by atoms with van der Waals surface area (Å²) in [6.45, 7) is 6.85. The van der Waals surface area contributed by atoms with Crippen molar-refractivity contribution in [2.24, 2.45) is 0 Å². The zero-order valence-electron chi connectivity index (χ0n) is 14.3. The molecule has 2 aromatic carbocycles. The van der Waals surface area contributed by atoms with E-state index in [4.69, 9.17) is 14.2 Å². The lowest BCUT2D eigenvalue weighted by molar-refractivity contribution is 0.210. The molecule has 24 heavy (non-hydrogen) atoms. The molecule has 2 aromatic rings. The summed E-state index contributed by atoms with van der Waals surface area (Å²) in [5.74, 6) is 1.81. The van der Waals surface area contributed by atoms with Gasteiger partial charge < -0.3 is 14.2 Å². The van der Waals surface area contributed by atoms with Gasteiger partial charge in [-0.05, 0) is 55.7 Å². The summed E-state index contributed by atoms with van der Waals surface area (Å²) in [4.78, 5) is 0. The summed E-state index contributed by atoms with van der Waals surface area (Å²) in [5.41, 5.74) is 3.91. The summed E-state index contributed by atoms with van der Waals surface area (Å²) >= 11 is 3.35. The van der Waals surface area contributed by atoms with E-state index >= 15 is 0 Å². The highest BCUT2D eigenvalue weighted by molar-refractivity contribution is 9.10. The second-order valence-electron chi connectivity index (χ2n) is 5.50. The molecule has 0 radical (unpaired) electrons. The number of ether oxygens (including phenoxy) is 3. The van der Waals surface area contributed by atoms with Gasteiger partial charge in [0.1, 0.15) is 25.0 Å². The van der Waals surface area contributed by atoms with E-state index in [0.29, 0.717) is 30.3 Å². The van der Waals surface area contributed by atoms with Crippen molar-refractivity contribution in [3.63, 3.8) is 0 Å². The van der Waals surface area contributed by atoms with Gasteiger partial charge in [0, 0.05) is 4.47 Å². The number of rotatable bonds is 6. The first-order valence-corrected chi connectivity index (χ1v) is 8.36. The molecular formula is C19H20BrNO3. The molecule has 0 aromatic heterocycles. The van der Waals surface area contributed by atoms with Crippen molar-refractivity contribution >= 4 is 15.9 Å². The Morgan fingerprint density at radius 1 is 1.00 bits per heavy atom. The van der Waals surface area contributed by atoms with Gasteiger partial charge in [-0.3, -0.25) is 0 Å². The first-order chi connectivity index (χ1) is 11.5. The molecule has 0 aliphatic carbocycles. The van der Waals surface area contributed by atoms with E-state index in [9.17, 15) is 5.26 Å². The quantitative estimate of drug-likeness (QED) is 0.671. The molecule has 0 atom stereocenters. The SMILES string of the molecule is COc1cc(Br)cc(C#N)c1OCCOc1cc(C)cc(C)c1C. The fourth-order valence-corrected chi connectivity index (χ4v) is 2.84. The van der Waals surface area contributed by atoms with Crippen LogP contribution in [0.3, 0.4) is 0 Å². The Balaban J connectivity index is 2.05. The van der Waals surface area contributed by atoms with Gasteiger partial charge in [-0.15, -0.1) is 0 Å². The maximum atomic E-state index is 9.26. The number of aryl methyl sites for hydroxylation is 2. The van der Waals surface area contributed by atoms with Crippen molar-refractivity contribution in [2.75, 3.05) is 20.3 Å². The monoisotopic (exact) mass is 389 g/mol. The molecule has 0 unspecified atom stereocenters. The highest BCUT2D eigenvalue weighted by Gasteiger charge is 2.13. The van der Waals surface area contributed by atoms with Crippen molar-refractivity contribution in [2.45, 2.75) is 20.8 Å². The van der Waals surface area contributed by atoms with E-state index in [1.165, 1.54) is 5.56 Å². The highest BCUT2D eigenvalue weighted by Crippen LogP contribution is 2.34. The van der Waals surface area contributed by atoms with Crippen LogP contribution in [0.15, 0.2) is 28.7 Å². The predicted molar refractivity (Wildman–Crippen MR) is 97.1 cm³/mol. The number of methoxy groups -OCH3 is 1. The second kappa shape index (κ2) is 8.07. The molecule has 0 amide bonds. The van der Waals surface area contributed by atoms with E-state index in [0.717, 1.165) is 21.3 Å². The largest absolute Gasteiger partial charge is 0.493 e. The summed E-state index contributed by atoms with van der Waals surface area (Å²) in [6.07, 6.45) is 0. The van der Waals surface area contributed by atoms with Crippen molar-refractivity contribution in [3.8, 4) is 23.3 Å². The van der Waals surface area contributed by atoms with Gasteiger partial charge in [0.15, 0.2) is 11.5 Å². The molecule has 0 saturated heterocycles. The molecular weight excluding hydrogens is 370 g/mol. The van der Waals surface area contributed by atoms with Crippen LogP contribution in [-0.2, 0) is 0 Å². The Kier molecular flexibility index (Phi) is 6.10. The van der Waals surface area contributed by atoms with Crippen LogP contribution in [0.4, 0.5) is 0 Å². The van der Waals surface area contributed by atoms with Crippen LogP contribution in [0, 0.1) is 32.1 Å². The average Bonchev–Trinajstić information content (AvgIpc) is 2.55. The minimum atomic E-state index is 0.319. The minimum Gasteiger partial charge on any atom is -0.493 e. The van der Waals surface area contributed by atoms with Gasteiger partial charge in [-0.1, -0.05) is 22.0 Å². The average molecular weight is 390 g/mol. The number of nitriles is 1. The van der Waals surface area contributed by atoms with Crippen molar-refractivity contribution in [1.82, 2.24) is 0 Å². The first-order valence-electron chi connectivity index (χ1n) is 7.57. The van der Waals surface area contributed by atoms with Crippen LogP contribution in [0.1, 0.15) is 22.3 Å². The second-order valence-corrected chi connectivity index (χ2v) is 6.41. The normalized spacial score (nSPS) is 10.2. The molecule has 0 spiro atoms. The third kappa shape index (κ3) is 4.21. The van der Waals surface area contributed by atoms with Gasteiger partial charge in [-0.25, -0.2) is 0 Å².